The lowest BCUT2D eigenvalue weighted by atomic mass is 10.3. The van der Waals surface area contributed by atoms with Crippen molar-refractivity contribution < 1.29 is 4.79 Å². The van der Waals surface area contributed by atoms with Gasteiger partial charge in [-0.1, -0.05) is 15.9 Å². The minimum Gasteiger partial charge on any atom is -0.292 e. The molecule has 0 aliphatic rings. The Morgan fingerprint density at radius 3 is 3.00 bits per heavy atom. The van der Waals surface area contributed by atoms with Crippen LogP contribution < -0.4 is 0 Å². The van der Waals surface area contributed by atoms with E-state index >= 15 is 0 Å². The normalized spacial score (nSPS) is 9.09. The first-order valence-corrected chi connectivity index (χ1v) is 4.86. The van der Waals surface area contributed by atoms with Crippen molar-refractivity contribution >= 4 is 33.0 Å². The maximum Gasteiger partial charge on any atom is 0.183 e. The van der Waals surface area contributed by atoms with Crippen LogP contribution in [0.1, 0.15) is 15.2 Å². The first kappa shape index (κ1) is 8.44. The zero-order chi connectivity index (χ0) is 8.27. The van der Waals surface area contributed by atoms with Crippen LogP contribution in [0.3, 0.4) is 0 Å². The van der Waals surface area contributed by atoms with Gasteiger partial charge in [0.1, 0.15) is 6.07 Å². The molecule has 1 rings (SSSR count). The molecule has 0 spiro atoms. The van der Waals surface area contributed by atoms with Crippen LogP contribution in [0.5, 0.6) is 0 Å². The van der Waals surface area contributed by atoms with Gasteiger partial charge >= 0.3 is 0 Å². The van der Waals surface area contributed by atoms with Crippen LogP contribution >= 0.6 is 27.3 Å². The van der Waals surface area contributed by atoms with Gasteiger partial charge in [0.2, 0.25) is 0 Å². The van der Waals surface area contributed by atoms with E-state index in [0.717, 1.165) is 0 Å². The lowest BCUT2D eigenvalue weighted by molar-refractivity contribution is 0.102. The molecule has 0 aromatic carbocycles. The Labute approximate surface area is 76.6 Å². The zero-order valence-electron chi connectivity index (χ0n) is 5.50. The first-order chi connectivity index (χ1) is 5.27. The third-order valence-electron chi connectivity index (χ3n) is 1.12. The van der Waals surface area contributed by atoms with Crippen LogP contribution in [-0.2, 0) is 0 Å². The van der Waals surface area contributed by atoms with Crippen molar-refractivity contribution in [3.8, 4) is 6.07 Å². The molecule has 0 atom stereocenters. The van der Waals surface area contributed by atoms with Gasteiger partial charge in [-0.3, -0.25) is 4.79 Å². The van der Waals surface area contributed by atoms with Crippen molar-refractivity contribution in [2.45, 2.75) is 0 Å². The second kappa shape index (κ2) is 3.65. The summed E-state index contributed by atoms with van der Waals surface area (Å²) in [5.74, 6) is 0.0245. The lowest BCUT2D eigenvalue weighted by Crippen LogP contribution is -1.95. The number of hydrogen-bond donors (Lipinski definition) is 0. The molecule has 0 fully saturated rings. The summed E-state index contributed by atoms with van der Waals surface area (Å²) in [5, 5.41) is 10.4. The van der Waals surface area contributed by atoms with E-state index in [9.17, 15) is 4.79 Å². The summed E-state index contributed by atoms with van der Waals surface area (Å²) in [6, 6.07) is 3.57. The van der Waals surface area contributed by atoms with E-state index in [1.54, 1.807) is 11.4 Å². The fourth-order valence-electron chi connectivity index (χ4n) is 0.607. The first-order valence-electron chi connectivity index (χ1n) is 2.85. The lowest BCUT2D eigenvalue weighted by Gasteiger charge is -1.85. The van der Waals surface area contributed by atoms with Gasteiger partial charge < -0.3 is 0 Å². The van der Waals surface area contributed by atoms with Crippen LogP contribution in [-0.4, -0.2) is 11.1 Å². The summed E-state index contributed by atoms with van der Waals surface area (Å²) in [7, 11) is 0. The number of carbonyl (C=O) groups is 1. The number of Topliss-reactive ketones (excluding diaryl/α,β-unsaturated/α-hetero) is 1. The monoisotopic (exact) mass is 229 g/mol. The number of alkyl halides is 1. The number of carbonyl (C=O) groups excluding carboxylic acids is 1. The van der Waals surface area contributed by atoms with E-state index in [-0.39, 0.29) is 5.78 Å². The van der Waals surface area contributed by atoms with Crippen LogP contribution in [0.25, 0.3) is 0 Å². The maximum absolute atomic E-state index is 11.0. The van der Waals surface area contributed by atoms with Crippen LogP contribution in [0, 0.1) is 11.3 Å². The van der Waals surface area contributed by atoms with Crippen molar-refractivity contribution in [3.05, 3.63) is 21.9 Å². The molecule has 0 unspecified atom stereocenters. The number of ketones is 1. The van der Waals surface area contributed by atoms with Gasteiger partial charge in [0.15, 0.2) is 5.78 Å². The molecular formula is C7H4BrNOS. The minimum atomic E-state index is 0.0245. The van der Waals surface area contributed by atoms with Crippen molar-refractivity contribution in [1.29, 1.82) is 5.26 Å². The van der Waals surface area contributed by atoms with Gasteiger partial charge in [0.05, 0.1) is 15.8 Å². The Morgan fingerprint density at radius 2 is 2.55 bits per heavy atom. The van der Waals surface area contributed by atoms with Crippen molar-refractivity contribution in [2.75, 3.05) is 5.33 Å². The molecule has 0 saturated carbocycles. The maximum atomic E-state index is 11.0. The summed E-state index contributed by atoms with van der Waals surface area (Å²) in [4.78, 5) is 11.6. The summed E-state index contributed by atoms with van der Waals surface area (Å²) in [5.41, 5.74) is 0.555. The highest BCUT2D eigenvalue weighted by molar-refractivity contribution is 9.09. The molecular weight excluding hydrogens is 226 g/mol. The molecule has 4 heteroatoms. The largest absolute Gasteiger partial charge is 0.292 e. The number of rotatable bonds is 2. The highest BCUT2D eigenvalue weighted by Crippen LogP contribution is 2.14. The summed E-state index contributed by atoms with van der Waals surface area (Å²) in [6.07, 6.45) is 0. The van der Waals surface area contributed by atoms with Crippen molar-refractivity contribution in [1.82, 2.24) is 0 Å². The van der Waals surface area contributed by atoms with Crippen molar-refractivity contribution in [3.63, 3.8) is 0 Å². The smallest absolute Gasteiger partial charge is 0.183 e. The van der Waals surface area contributed by atoms with E-state index in [2.05, 4.69) is 15.9 Å². The van der Waals surface area contributed by atoms with Gasteiger partial charge in [-0.25, -0.2) is 0 Å². The van der Waals surface area contributed by atoms with E-state index in [1.807, 2.05) is 6.07 Å². The van der Waals surface area contributed by atoms with E-state index in [1.165, 1.54) is 11.3 Å². The molecule has 0 radical (unpaired) electrons. The standard InChI is InChI=1S/C7H4BrNOS/c8-2-6(10)7-1-5(3-9)4-11-7/h1,4H,2H2. The highest BCUT2D eigenvalue weighted by Gasteiger charge is 2.06. The SMILES string of the molecule is N#Cc1csc(C(=O)CBr)c1. The van der Waals surface area contributed by atoms with Gasteiger partial charge in [-0.15, -0.1) is 11.3 Å². The molecule has 2 nitrogen and oxygen atoms in total. The quantitative estimate of drug-likeness (QED) is 0.577. The molecule has 1 aromatic rings. The average Bonchev–Trinajstić information content (AvgIpc) is 2.50. The molecule has 0 aliphatic heterocycles. The molecule has 0 saturated heterocycles. The third kappa shape index (κ3) is 1.88. The predicted octanol–water partition coefficient (Wildman–Crippen LogP) is 2.20. The Kier molecular flexibility index (Phi) is 2.80. The second-order valence-corrected chi connectivity index (χ2v) is 3.34. The summed E-state index contributed by atoms with van der Waals surface area (Å²) in [6.45, 7) is 0. The molecule has 56 valence electrons. The van der Waals surface area contributed by atoms with Crippen molar-refractivity contribution in [2.24, 2.45) is 0 Å². The number of halogens is 1. The zero-order valence-corrected chi connectivity index (χ0v) is 7.91. The fraction of sp³-hybridized carbons (Fsp3) is 0.143. The molecule has 1 heterocycles. The fourth-order valence-corrected chi connectivity index (χ4v) is 1.87. The van der Waals surface area contributed by atoms with Gasteiger partial charge in [-0.2, -0.15) is 5.26 Å². The van der Waals surface area contributed by atoms with Crippen LogP contribution in [0.15, 0.2) is 11.4 Å². The van der Waals surface area contributed by atoms with Crippen LogP contribution in [0.2, 0.25) is 0 Å². The Bertz CT molecular complexity index is 312. The third-order valence-corrected chi connectivity index (χ3v) is 2.61. The number of thiophene rings is 1. The van der Waals surface area contributed by atoms with Gasteiger partial charge in [0, 0.05) is 5.38 Å². The van der Waals surface area contributed by atoms with Gasteiger partial charge in [0.25, 0.3) is 0 Å². The summed E-state index contributed by atoms with van der Waals surface area (Å²) >= 11 is 4.36. The molecule has 0 aliphatic carbocycles. The van der Waals surface area contributed by atoms with E-state index in [4.69, 9.17) is 5.26 Å². The predicted molar refractivity (Wildman–Crippen MR) is 47.2 cm³/mol. The molecule has 0 N–H and O–H groups in total. The van der Waals surface area contributed by atoms with E-state index < -0.39 is 0 Å². The molecule has 1 aromatic heterocycles. The van der Waals surface area contributed by atoms with Crippen LogP contribution in [0.4, 0.5) is 0 Å². The molecule has 0 amide bonds. The van der Waals surface area contributed by atoms with Gasteiger partial charge in [-0.05, 0) is 6.07 Å². The number of nitrogens with zero attached hydrogens (tertiary/aromatic N) is 1. The number of hydrogen-bond acceptors (Lipinski definition) is 3. The second-order valence-electron chi connectivity index (χ2n) is 1.87. The highest BCUT2D eigenvalue weighted by atomic mass is 79.9. The number of nitriles is 1. The average molecular weight is 230 g/mol. The minimum absolute atomic E-state index is 0.0245. The Balaban J connectivity index is 2.91. The Morgan fingerprint density at radius 1 is 1.82 bits per heavy atom. The van der Waals surface area contributed by atoms with E-state index in [0.29, 0.717) is 15.8 Å². The molecule has 0 bridgehead atoms. The summed E-state index contributed by atoms with van der Waals surface area (Å²) < 4.78 is 0. The topological polar surface area (TPSA) is 40.9 Å². The molecule has 11 heavy (non-hydrogen) atoms. The Hall–Kier alpha value is -0.660.